The van der Waals surface area contributed by atoms with Crippen LogP contribution in [0.5, 0.6) is 0 Å². The Labute approximate surface area is 119 Å². The topological polar surface area (TPSA) is 44.9 Å². The molecule has 0 spiro atoms. The van der Waals surface area contributed by atoms with Crippen LogP contribution in [0.1, 0.15) is 52.4 Å². The molecule has 0 aromatic carbocycles. The number of guanidine groups is 1. The van der Waals surface area contributed by atoms with Crippen LogP contribution in [0.4, 0.5) is 0 Å². The van der Waals surface area contributed by atoms with Gasteiger partial charge in [-0.3, -0.25) is 4.99 Å². The third-order valence-corrected chi connectivity index (χ3v) is 4.23. The van der Waals surface area contributed by atoms with Crippen molar-refractivity contribution in [3.05, 3.63) is 0 Å². The first-order valence-electron chi connectivity index (χ1n) is 7.94. The molecule has 1 saturated carbocycles. The second kappa shape index (κ2) is 9.18. The van der Waals surface area contributed by atoms with E-state index in [9.17, 15) is 0 Å². The van der Waals surface area contributed by atoms with E-state index in [0.717, 1.165) is 38.6 Å². The van der Waals surface area contributed by atoms with Crippen LogP contribution in [0.2, 0.25) is 0 Å². The van der Waals surface area contributed by atoms with Gasteiger partial charge < -0.3 is 15.5 Å². The molecule has 0 heterocycles. The lowest BCUT2D eigenvalue weighted by Crippen LogP contribution is -2.37. The highest BCUT2D eigenvalue weighted by Crippen LogP contribution is 2.21. The molecule has 0 atom stereocenters. The van der Waals surface area contributed by atoms with Crippen LogP contribution in [0.25, 0.3) is 0 Å². The first-order valence-corrected chi connectivity index (χ1v) is 7.94. The largest absolute Gasteiger partial charge is 0.370 e. The van der Waals surface area contributed by atoms with E-state index in [1.54, 1.807) is 0 Å². The minimum absolute atomic E-state index is 0.699. The predicted octanol–water partition coefficient (Wildman–Crippen LogP) is 2.30. The zero-order chi connectivity index (χ0) is 14.1. The van der Waals surface area contributed by atoms with Crippen molar-refractivity contribution in [3.63, 3.8) is 0 Å². The molecular weight excluding hydrogens is 236 g/mol. The standard InChI is InChI=1S/C15H32N4/c1-4-19(5-2)15(16)17-12-9-13-18(3)14-10-7-6-8-11-14/h14H,4-13H2,1-3H3,(H2,16,17). The maximum atomic E-state index is 5.96. The summed E-state index contributed by atoms with van der Waals surface area (Å²) in [4.78, 5) is 9.10. The molecule has 0 amide bonds. The number of rotatable bonds is 7. The van der Waals surface area contributed by atoms with Crippen LogP contribution in [0.3, 0.4) is 0 Å². The van der Waals surface area contributed by atoms with Crippen LogP contribution in [0.15, 0.2) is 4.99 Å². The molecule has 112 valence electrons. The van der Waals surface area contributed by atoms with Crippen molar-refractivity contribution in [1.82, 2.24) is 9.80 Å². The van der Waals surface area contributed by atoms with Gasteiger partial charge in [-0.2, -0.15) is 0 Å². The van der Waals surface area contributed by atoms with E-state index < -0.39 is 0 Å². The Balaban J connectivity index is 2.20. The van der Waals surface area contributed by atoms with Gasteiger partial charge in [-0.05, 0) is 46.7 Å². The van der Waals surface area contributed by atoms with Crippen molar-refractivity contribution in [1.29, 1.82) is 0 Å². The average Bonchev–Trinajstić information content (AvgIpc) is 2.45. The summed E-state index contributed by atoms with van der Waals surface area (Å²) in [5, 5.41) is 0. The minimum Gasteiger partial charge on any atom is -0.370 e. The summed E-state index contributed by atoms with van der Waals surface area (Å²) >= 11 is 0. The highest BCUT2D eigenvalue weighted by Gasteiger charge is 2.17. The molecule has 1 rings (SSSR count). The normalized spacial score (nSPS) is 18.0. The second-order valence-corrected chi connectivity index (χ2v) is 5.54. The van der Waals surface area contributed by atoms with Crippen LogP contribution in [0, 0.1) is 0 Å². The quantitative estimate of drug-likeness (QED) is 0.438. The minimum atomic E-state index is 0.699. The van der Waals surface area contributed by atoms with E-state index in [-0.39, 0.29) is 0 Å². The number of aliphatic imine (C=N–C) groups is 1. The highest BCUT2D eigenvalue weighted by atomic mass is 15.2. The zero-order valence-corrected chi connectivity index (χ0v) is 13.1. The Kier molecular flexibility index (Phi) is 7.87. The summed E-state index contributed by atoms with van der Waals surface area (Å²) in [6, 6.07) is 0.804. The SMILES string of the molecule is CCN(CC)C(N)=NCCCN(C)C1CCCCC1. The van der Waals surface area contributed by atoms with Gasteiger partial charge in [-0.25, -0.2) is 0 Å². The lowest BCUT2D eigenvalue weighted by Gasteiger charge is -2.31. The summed E-state index contributed by atoms with van der Waals surface area (Å²) in [7, 11) is 2.26. The van der Waals surface area contributed by atoms with E-state index in [2.05, 4.69) is 35.7 Å². The molecule has 0 aromatic heterocycles. The maximum absolute atomic E-state index is 5.96. The lowest BCUT2D eigenvalue weighted by molar-refractivity contribution is 0.191. The van der Waals surface area contributed by atoms with Gasteiger partial charge in [0.15, 0.2) is 5.96 Å². The lowest BCUT2D eigenvalue weighted by atomic mass is 9.94. The smallest absolute Gasteiger partial charge is 0.191 e. The molecule has 0 aliphatic heterocycles. The maximum Gasteiger partial charge on any atom is 0.191 e. The van der Waals surface area contributed by atoms with Crippen LogP contribution < -0.4 is 5.73 Å². The van der Waals surface area contributed by atoms with Gasteiger partial charge in [0.25, 0.3) is 0 Å². The molecule has 0 saturated heterocycles. The van der Waals surface area contributed by atoms with Crippen molar-refractivity contribution in [2.75, 3.05) is 33.2 Å². The number of nitrogens with zero attached hydrogens (tertiary/aromatic N) is 3. The summed E-state index contributed by atoms with van der Waals surface area (Å²) in [5.41, 5.74) is 5.96. The molecule has 0 bridgehead atoms. The predicted molar refractivity (Wildman–Crippen MR) is 83.5 cm³/mol. The van der Waals surface area contributed by atoms with Gasteiger partial charge in [0.1, 0.15) is 0 Å². The van der Waals surface area contributed by atoms with Crippen LogP contribution in [-0.2, 0) is 0 Å². The van der Waals surface area contributed by atoms with Gasteiger partial charge in [0, 0.05) is 25.7 Å². The molecule has 1 aliphatic carbocycles. The third-order valence-electron chi connectivity index (χ3n) is 4.23. The Morgan fingerprint density at radius 2 is 1.79 bits per heavy atom. The molecular formula is C15H32N4. The average molecular weight is 268 g/mol. The fourth-order valence-electron chi connectivity index (χ4n) is 2.87. The van der Waals surface area contributed by atoms with Crippen molar-refractivity contribution in [2.24, 2.45) is 10.7 Å². The van der Waals surface area contributed by atoms with Gasteiger partial charge in [-0.15, -0.1) is 0 Å². The number of nitrogens with two attached hydrogens (primary N) is 1. The zero-order valence-electron chi connectivity index (χ0n) is 13.1. The summed E-state index contributed by atoms with van der Waals surface area (Å²) in [6.07, 6.45) is 8.09. The number of hydrogen-bond donors (Lipinski definition) is 1. The number of hydrogen-bond acceptors (Lipinski definition) is 2. The van der Waals surface area contributed by atoms with Crippen LogP contribution >= 0.6 is 0 Å². The van der Waals surface area contributed by atoms with E-state index in [1.165, 1.54) is 32.1 Å². The van der Waals surface area contributed by atoms with Crippen molar-refractivity contribution in [2.45, 2.75) is 58.4 Å². The van der Waals surface area contributed by atoms with E-state index in [0.29, 0.717) is 5.96 Å². The summed E-state index contributed by atoms with van der Waals surface area (Å²) in [6.45, 7) is 8.09. The molecule has 4 heteroatoms. The van der Waals surface area contributed by atoms with Crippen molar-refractivity contribution >= 4 is 5.96 Å². The first kappa shape index (κ1) is 16.3. The van der Waals surface area contributed by atoms with Gasteiger partial charge in [0.2, 0.25) is 0 Å². The van der Waals surface area contributed by atoms with E-state index in [4.69, 9.17) is 5.73 Å². The fraction of sp³-hybridized carbons (Fsp3) is 0.933. The Hall–Kier alpha value is -0.770. The first-order chi connectivity index (χ1) is 9.19. The van der Waals surface area contributed by atoms with Gasteiger partial charge in [0.05, 0.1) is 0 Å². The molecule has 1 aliphatic rings. The second-order valence-electron chi connectivity index (χ2n) is 5.54. The molecule has 0 aromatic rings. The van der Waals surface area contributed by atoms with Crippen molar-refractivity contribution in [3.8, 4) is 0 Å². The van der Waals surface area contributed by atoms with Crippen LogP contribution in [-0.4, -0.2) is 55.0 Å². The Bertz CT molecular complexity index is 255. The van der Waals surface area contributed by atoms with Gasteiger partial charge >= 0.3 is 0 Å². The molecule has 4 nitrogen and oxygen atoms in total. The molecule has 2 N–H and O–H groups in total. The fourth-order valence-corrected chi connectivity index (χ4v) is 2.87. The summed E-state index contributed by atoms with van der Waals surface area (Å²) in [5.74, 6) is 0.699. The molecule has 1 fully saturated rings. The summed E-state index contributed by atoms with van der Waals surface area (Å²) < 4.78 is 0. The third kappa shape index (κ3) is 5.81. The van der Waals surface area contributed by atoms with E-state index in [1.807, 2.05) is 0 Å². The van der Waals surface area contributed by atoms with Crippen molar-refractivity contribution < 1.29 is 0 Å². The van der Waals surface area contributed by atoms with Gasteiger partial charge in [-0.1, -0.05) is 19.3 Å². The Morgan fingerprint density at radius 3 is 2.37 bits per heavy atom. The Morgan fingerprint density at radius 1 is 1.16 bits per heavy atom. The molecule has 19 heavy (non-hydrogen) atoms. The molecule has 0 radical (unpaired) electrons. The monoisotopic (exact) mass is 268 g/mol. The highest BCUT2D eigenvalue weighted by molar-refractivity contribution is 5.77. The van der Waals surface area contributed by atoms with E-state index >= 15 is 0 Å². The molecule has 0 unspecified atom stereocenters.